The van der Waals surface area contributed by atoms with Crippen LogP contribution in [0.25, 0.3) is 0 Å². The van der Waals surface area contributed by atoms with Crippen molar-refractivity contribution in [3.05, 3.63) is 48.0 Å². The molecule has 4 heterocycles. The maximum atomic E-state index is 12.9. The van der Waals surface area contributed by atoms with Gasteiger partial charge in [-0.3, -0.25) is 14.6 Å². The fourth-order valence-corrected chi connectivity index (χ4v) is 3.69. The van der Waals surface area contributed by atoms with Gasteiger partial charge >= 0.3 is 0 Å². The zero-order valence-corrected chi connectivity index (χ0v) is 15.8. The van der Waals surface area contributed by atoms with Gasteiger partial charge in [0.1, 0.15) is 5.69 Å². The normalized spacial score (nSPS) is 17.5. The molecule has 0 unspecified atom stereocenters. The molecule has 2 amide bonds. The Morgan fingerprint density at radius 2 is 1.43 bits per heavy atom. The zero-order valence-electron chi connectivity index (χ0n) is 15.8. The molecule has 0 atom stereocenters. The first-order valence-electron chi connectivity index (χ1n) is 9.79. The van der Waals surface area contributed by atoms with E-state index in [4.69, 9.17) is 0 Å². The summed E-state index contributed by atoms with van der Waals surface area (Å²) in [5.41, 5.74) is 0.865. The number of anilines is 1. The highest BCUT2D eigenvalue weighted by Crippen LogP contribution is 2.15. The van der Waals surface area contributed by atoms with Gasteiger partial charge in [-0.2, -0.15) is 0 Å². The standard InChI is InChI=1S/C20H24N6O2/c27-18(24-9-2-1-3-10-24)16-5-8-21-17(15-16)19(28)25-11-13-26(14-12-25)20-22-6-4-7-23-20/h4-8,15H,1-3,9-14H2. The summed E-state index contributed by atoms with van der Waals surface area (Å²) < 4.78 is 0. The van der Waals surface area contributed by atoms with Crippen molar-refractivity contribution in [2.75, 3.05) is 44.2 Å². The fourth-order valence-electron chi connectivity index (χ4n) is 3.69. The summed E-state index contributed by atoms with van der Waals surface area (Å²) >= 11 is 0. The van der Waals surface area contributed by atoms with Gasteiger partial charge in [-0.1, -0.05) is 0 Å². The first-order valence-corrected chi connectivity index (χ1v) is 9.79. The topological polar surface area (TPSA) is 82.5 Å². The molecule has 2 saturated heterocycles. The highest BCUT2D eigenvalue weighted by atomic mass is 16.2. The van der Waals surface area contributed by atoms with Crippen molar-refractivity contribution < 1.29 is 9.59 Å². The second-order valence-electron chi connectivity index (χ2n) is 7.11. The van der Waals surface area contributed by atoms with Crippen LogP contribution in [0.5, 0.6) is 0 Å². The minimum atomic E-state index is -0.137. The summed E-state index contributed by atoms with van der Waals surface area (Å²) in [5, 5.41) is 0. The molecule has 2 aliphatic heterocycles. The molecule has 0 N–H and O–H groups in total. The number of likely N-dealkylation sites (tertiary alicyclic amines) is 1. The molecule has 2 aliphatic rings. The monoisotopic (exact) mass is 380 g/mol. The number of nitrogens with zero attached hydrogens (tertiary/aromatic N) is 6. The molecule has 2 aromatic heterocycles. The number of hydrogen-bond acceptors (Lipinski definition) is 6. The lowest BCUT2D eigenvalue weighted by Crippen LogP contribution is -2.49. The van der Waals surface area contributed by atoms with Crippen molar-refractivity contribution in [2.45, 2.75) is 19.3 Å². The maximum absolute atomic E-state index is 12.9. The summed E-state index contributed by atoms with van der Waals surface area (Å²) in [4.78, 5) is 44.0. The second kappa shape index (κ2) is 8.33. The number of amides is 2. The van der Waals surface area contributed by atoms with E-state index in [0.29, 0.717) is 43.4 Å². The molecule has 0 aliphatic carbocycles. The van der Waals surface area contributed by atoms with Gasteiger partial charge in [-0.15, -0.1) is 0 Å². The van der Waals surface area contributed by atoms with Gasteiger partial charge in [-0.05, 0) is 37.5 Å². The van der Waals surface area contributed by atoms with Crippen LogP contribution in [0.4, 0.5) is 5.95 Å². The Balaban J connectivity index is 1.40. The lowest BCUT2D eigenvalue weighted by atomic mass is 10.1. The number of pyridine rings is 1. The quantitative estimate of drug-likeness (QED) is 0.802. The number of piperidine rings is 1. The molecule has 0 bridgehead atoms. The summed E-state index contributed by atoms with van der Waals surface area (Å²) in [6.45, 7) is 4.05. The summed E-state index contributed by atoms with van der Waals surface area (Å²) in [6.07, 6.45) is 8.24. The van der Waals surface area contributed by atoms with Crippen molar-refractivity contribution >= 4 is 17.8 Å². The van der Waals surface area contributed by atoms with E-state index in [-0.39, 0.29) is 11.8 Å². The Labute approximate surface area is 164 Å². The maximum Gasteiger partial charge on any atom is 0.272 e. The van der Waals surface area contributed by atoms with Crippen molar-refractivity contribution in [1.29, 1.82) is 0 Å². The van der Waals surface area contributed by atoms with Crippen LogP contribution in [-0.4, -0.2) is 75.8 Å². The predicted molar refractivity (Wildman–Crippen MR) is 104 cm³/mol. The molecule has 0 saturated carbocycles. The smallest absolute Gasteiger partial charge is 0.272 e. The lowest BCUT2D eigenvalue weighted by molar-refractivity contribution is 0.0724. The van der Waals surface area contributed by atoms with Crippen LogP contribution in [-0.2, 0) is 0 Å². The third kappa shape index (κ3) is 3.95. The van der Waals surface area contributed by atoms with Crippen LogP contribution in [0.15, 0.2) is 36.8 Å². The number of piperazine rings is 1. The van der Waals surface area contributed by atoms with Gasteiger partial charge < -0.3 is 14.7 Å². The molecular weight excluding hydrogens is 356 g/mol. The Kier molecular flexibility index (Phi) is 5.45. The molecule has 0 radical (unpaired) electrons. The molecule has 0 spiro atoms. The molecule has 4 rings (SSSR count). The highest BCUT2D eigenvalue weighted by molar-refractivity contribution is 5.98. The Morgan fingerprint density at radius 1 is 0.750 bits per heavy atom. The van der Waals surface area contributed by atoms with Crippen molar-refractivity contribution in [1.82, 2.24) is 24.8 Å². The Morgan fingerprint density at radius 3 is 2.14 bits per heavy atom. The number of aromatic nitrogens is 3. The third-order valence-electron chi connectivity index (χ3n) is 5.27. The van der Waals surface area contributed by atoms with Gasteiger partial charge in [0.15, 0.2) is 0 Å². The van der Waals surface area contributed by atoms with Crippen molar-refractivity contribution in [2.24, 2.45) is 0 Å². The first-order chi connectivity index (χ1) is 13.7. The first kappa shape index (κ1) is 18.3. The van der Waals surface area contributed by atoms with E-state index >= 15 is 0 Å². The average molecular weight is 380 g/mol. The van der Waals surface area contributed by atoms with Crippen LogP contribution < -0.4 is 4.90 Å². The summed E-state index contributed by atoms with van der Waals surface area (Å²) in [5.74, 6) is 0.533. The fraction of sp³-hybridized carbons (Fsp3) is 0.450. The van der Waals surface area contributed by atoms with Crippen LogP contribution in [0, 0.1) is 0 Å². The predicted octanol–water partition coefficient (Wildman–Crippen LogP) is 1.46. The molecule has 2 fully saturated rings. The molecule has 2 aromatic rings. The molecule has 8 nitrogen and oxygen atoms in total. The molecule has 146 valence electrons. The Bertz CT molecular complexity index is 830. The van der Waals surface area contributed by atoms with Crippen LogP contribution in [0.3, 0.4) is 0 Å². The van der Waals surface area contributed by atoms with Gasteiger partial charge in [0.2, 0.25) is 5.95 Å². The molecule has 8 heteroatoms. The van der Waals surface area contributed by atoms with Gasteiger partial charge in [0.25, 0.3) is 11.8 Å². The van der Waals surface area contributed by atoms with Gasteiger partial charge in [-0.25, -0.2) is 9.97 Å². The van der Waals surface area contributed by atoms with E-state index < -0.39 is 0 Å². The van der Waals surface area contributed by atoms with E-state index in [0.717, 1.165) is 25.9 Å². The van der Waals surface area contributed by atoms with Gasteiger partial charge in [0, 0.05) is 63.4 Å². The van der Waals surface area contributed by atoms with E-state index in [1.165, 1.54) is 6.42 Å². The van der Waals surface area contributed by atoms with E-state index in [1.807, 2.05) is 4.90 Å². The minimum absolute atomic E-state index is 0.0119. The summed E-state index contributed by atoms with van der Waals surface area (Å²) in [7, 11) is 0. The van der Waals surface area contributed by atoms with Crippen molar-refractivity contribution in [3.63, 3.8) is 0 Å². The van der Waals surface area contributed by atoms with E-state index in [1.54, 1.807) is 41.7 Å². The van der Waals surface area contributed by atoms with E-state index in [2.05, 4.69) is 19.9 Å². The molecular formula is C20H24N6O2. The highest BCUT2D eigenvalue weighted by Gasteiger charge is 2.25. The minimum Gasteiger partial charge on any atom is -0.339 e. The van der Waals surface area contributed by atoms with Crippen molar-refractivity contribution in [3.8, 4) is 0 Å². The molecule has 28 heavy (non-hydrogen) atoms. The largest absolute Gasteiger partial charge is 0.339 e. The van der Waals surface area contributed by atoms with Crippen LogP contribution >= 0.6 is 0 Å². The number of carbonyl (C=O) groups excluding carboxylic acids is 2. The Hall–Kier alpha value is -3.03. The number of hydrogen-bond donors (Lipinski definition) is 0. The van der Waals surface area contributed by atoms with Crippen LogP contribution in [0.2, 0.25) is 0 Å². The second-order valence-corrected chi connectivity index (χ2v) is 7.11. The third-order valence-corrected chi connectivity index (χ3v) is 5.27. The zero-order chi connectivity index (χ0) is 19.3. The van der Waals surface area contributed by atoms with Crippen LogP contribution in [0.1, 0.15) is 40.1 Å². The average Bonchev–Trinajstić information content (AvgIpc) is 2.79. The SMILES string of the molecule is O=C(c1ccnc(C(=O)N2CCN(c3ncccn3)CC2)c1)N1CCCCC1. The molecule has 0 aromatic carbocycles. The summed E-state index contributed by atoms with van der Waals surface area (Å²) in [6, 6.07) is 5.11. The number of carbonyl (C=O) groups is 2. The lowest BCUT2D eigenvalue weighted by Gasteiger charge is -2.34. The number of rotatable bonds is 3. The van der Waals surface area contributed by atoms with E-state index in [9.17, 15) is 9.59 Å². The van der Waals surface area contributed by atoms with Gasteiger partial charge in [0.05, 0.1) is 0 Å².